The highest BCUT2D eigenvalue weighted by Crippen LogP contribution is 2.25. The number of carbonyl (C=O) groups excluding carboxylic acids is 2. The van der Waals surface area contributed by atoms with Gasteiger partial charge in [-0.2, -0.15) is 0 Å². The summed E-state index contributed by atoms with van der Waals surface area (Å²) in [5, 5.41) is 11.5. The van der Waals surface area contributed by atoms with Gasteiger partial charge < -0.3 is 19.9 Å². The lowest BCUT2D eigenvalue weighted by molar-refractivity contribution is -0.158. The van der Waals surface area contributed by atoms with Crippen LogP contribution in [0, 0.1) is 11.8 Å². The lowest BCUT2D eigenvalue weighted by Crippen LogP contribution is -2.41. The zero-order valence-electron chi connectivity index (χ0n) is 8.93. The molecule has 7 nitrogen and oxygen atoms in total. The number of esters is 2. The molecule has 0 aliphatic carbocycles. The standard InChI is InChI=1S/C9H13NO6/c1-15-8(13)4-3-10-6(7(11)12)5(4)9(14)16-2/h4-6,10H,3H2,1-2H3,(H,11,12)/t4-,5-,6+/m1/s1. The van der Waals surface area contributed by atoms with E-state index in [0.717, 1.165) is 7.11 Å². The number of rotatable bonds is 3. The van der Waals surface area contributed by atoms with E-state index in [-0.39, 0.29) is 6.54 Å². The van der Waals surface area contributed by atoms with Crippen molar-refractivity contribution in [3.8, 4) is 0 Å². The number of carboxylic acid groups (broad SMARTS) is 1. The van der Waals surface area contributed by atoms with Crippen LogP contribution in [-0.2, 0) is 23.9 Å². The van der Waals surface area contributed by atoms with Crippen LogP contribution in [0.4, 0.5) is 0 Å². The predicted octanol–water partition coefficient (Wildman–Crippen LogP) is -1.38. The Labute approximate surface area is 91.7 Å². The van der Waals surface area contributed by atoms with Crippen molar-refractivity contribution in [2.45, 2.75) is 6.04 Å². The van der Waals surface area contributed by atoms with Crippen LogP contribution in [0.1, 0.15) is 0 Å². The third kappa shape index (κ3) is 2.13. The van der Waals surface area contributed by atoms with Crippen molar-refractivity contribution in [3.05, 3.63) is 0 Å². The second-order valence-corrected chi connectivity index (χ2v) is 3.40. The summed E-state index contributed by atoms with van der Waals surface area (Å²) in [5.74, 6) is -4.41. The zero-order valence-corrected chi connectivity index (χ0v) is 8.93. The van der Waals surface area contributed by atoms with E-state index >= 15 is 0 Å². The van der Waals surface area contributed by atoms with Crippen LogP contribution in [0.15, 0.2) is 0 Å². The Morgan fingerprint density at radius 1 is 1.19 bits per heavy atom. The van der Waals surface area contributed by atoms with E-state index in [9.17, 15) is 14.4 Å². The van der Waals surface area contributed by atoms with Crippen molar-refractivity contribution in [2.24, 2.45) is 11.8 Å². The minimum atomic E-state index is -1.19. The summed E-state index contributed by atoms with van der Waals surface area (Å²) < 4.78 is 9.00. The van der Waals surface area contributed by atoms with E-state index < -0.39 is 35.8 Å². The number of aliphatic carboxylic acids is 1. The summed E-state index contributed by atoms with van der Waals surface area (Å²) >= 11 is 0. The number of methoxy groups -OCH3 is 2. The SMILES string of the molecule is COC(=O)[C@H]1[C@@H](C(=O)O)NC[C@H]1C(=O)OC. The fourth-order valence-electron chi connectivity index (χ4n) is 1.80. The molecule has 0 bridgehead atoms. The topological polar surface area (TPSA) is 102 Å². The minimum Gasteiger partial charge on any atom is -0.480 e. The van der Waals surface area contributed by atoms with Gasteiger partial charge in [-0.25, -0.2) is 0 Å². The van der Waals surface area contributed by atoms with Gasteiger partial charge in [0.05, 0.1) is 26.1 Å². The summed E-state index contributed by atoms with van der Waals surface area (Å²) in [6.45, 7) is 0.0867. The number of hydrogen-bond acceptors (Lipinski definition) is 6. The number of ether oxygens (including phenoxy) is 2. The van der Waals surface area contributed by atoms with Crippen LogP contribution < -0.4 is 5.32 Å². The molecule has 3 atom stereocenters. The van der Waals surface area contributed by atoms with E-state index in [0.29, 0.717) is 0 Å². The highest BCUT2D eigenvalue weighted by Gasteiger charge is 2.49. The third-order valence-corrected chi connectivity index (χ3v) is 2.59. The average Bonchev–Trinajstić information content (AvgIpc) is 2.71. The first-order valence-electron chi connectivity index (χ1n) is 4.64. The maximum atomic E-state index is 11.4. The summed E-state index contributed by atoms with van der Waals surface area (Å²) in [6.07, 6.45) is 0. The van der Waals surface area contributed by atoms with Crippen molar-refractivity contribution >= 4 is 17.9 Å². The first kappa shape index (κ1) is 12.4. The van der Waals surface area contributed by atoms with Crippen molar-refractivity contribution < 1.29 is 29.0 Å². The number of carboxylic acids is 1. The van der Waals surface area contributed by atoms with Gasteiger partial charge in [0.2, 0.25) is 0 Å². The van der Waals surface area contributed by atoms with Gasteiger partial charge in [0.25, 0.3) is 0 Å². The van der Waals surface area contributed by atoms with Crippen LogP contribution in [0.5, 0.6) is 0 Å². The molecule has 0 aromatic heterocycles. The van der Waals surface area contributed by atoms with Crippen molar-refractivity contribution in [1.82, 2.24) is 5.32 Å². The molecule has 0 unspecified atom stereocenters. The molecule has 0 radical (unpaired) electrons. The van der Waals surface area contributed by atoms with Gasteiger partial charge >= 0.3 is 17.9 Å². The maximum absolute atomic E-state index is 11.4. The van der Waals surface area contributed by atoms with Gasteiger partial charge in [-0.1, -0.05) is 0 Å². The van der Waals surface area contributed by atoms with Crippen molar-refractivity contribution in [2.75, 3.05) is 20.8 Å². The maximum Gasteiger partial charge on any atom is 0.321 e. The third-order valence-electron chi connectivity index (χ3n) is 2.59. The molecule has 1 fully saturated rings. The lowest BCUT2D eigenvalue weighted by atomic mass is 9.90. The molecule has 0 aromatic carbocycles. The molecule has 90 valence electrons. The van der Waals surface area contributed by atoms with Gasteiger partial charge in [-0.05, 0) is 0 Å². The van der Waals surface area contributed by atoms with E-state index in [1.54, 1.807) is 0 Å². The Kier molecular flexibility index (Phi) is 3.83. The Hall–Kier alpha value is -1.63. The van der Waals surface area contributed by atoms with E-state index in [4.69, 9.17) is 5.11 Å². The Morgan fingerprint density at radius 2 is 1.75 bits per heavy atom. The average molecular weight is 231 g/mol. The molecule has 16 heavy (non-hydrogen) atoms. The molecule has 0 saturated carbocycles. The fourth-order valence-corrected chi connectivity index (χ4v) is 1.80. The predicted molar refractivity (Wildman–Crippen MR) is 50.4 cm³/mol. The monoisotopic (exact) mass is 231 g/mol. The highest BCUT2D eigenvalue weighted by atomic mass is 16.5. The van der Waals surface area contributed by atoms with Crippen LogP contribution >= 0.6 is 0 Å². The molecule has 7 heteroatoms. The summed E-state index contributed by atoms with van der Waals surface area (Å²) in [4.78, 5) is 33.6. The molecule has 0 aromatic rings. The Bertz CT molecular complexity index is 315. The van der Waals surface area contributed by atoms with Crippen molar-refractivity contribution in [1.29, 1.82) is 0 Å². The fraction of sp³-hybridized carbons (Fsp3) is 0.667. The molecule has 1 rings (SSSR count). The minimum absolute atomic E-state index is 0.0867. The Morgan fingerprint density at radius 3 is 2.19 bits per heavy atom. The zero-order chi connectivity index (χ0) is 12.3. The summed E-state index contributed by atoms with van der Waals surface area (Å²) in [6, 6.07) is -1.11. The molecule has 2 N–H and O–H groups in total. The largest absolute Gasteiger partial charge is 0.480 e. The highest BCUT2D eigenvalue weighted by molar-refractivity contribution is 5.89. The van der Waals surface area contributed by atoms with Crippen molar-refractivity contribution in [3.63, 3.8) is 0 Å². The molecule has 0 spiro atoms. The summed E-state index contributed by atoms with van der Waals surface area (Å²) in [7, 11) is 2.33. The van der Waals surface area contributed by atoms with Crippen LogP contribution in [0.3, 0.4) is 0 Å². The van der Waals surface area contributed by atoms with Gasteiger partial charge in [-0.3, -0.25) is 14.4 Å². The number of carbonyl (C=O) groups is 3. The quantitative estimate of drug-likeness (QED) is 0.577. The first-order valence-corrected chi connectivity index (χ1v) is 4.64. The summed E-state index contributed by atoms with van der Waals surface area (Å²) in [5.41, 5.74) is 0. The normalized spacial score (nSPS) is 28.5. The molecular formula is C9H13NO6. The van der Waals surface area contributed by atoms with Gasteiger partial charge in [0.15, 0.2) is 0 Å². The van der Waals surface area contributed by atoms with E-state index in [1.165, 1.54) is 7.11 Å². The molecule has 1 aliphatic heterocycles. The molecular weight excluding hydrogens is 218 g/mol. The Balaban J connectivity index is 2.92. The van der Waals surface area contributed by atoms with Crippen LogP contribution in [0.2, 0.25) is 0 Å². The smallest absolute Gasteiger partial charge is 0.321 e. The number of nitrogens with one attached hydrogen (secondary N) is 1. The number of hydrogen-bond donors (Lipinski definition) is 2. The first-order chi connectivity index (χ1) is 7.52. The molecule has 0 amide bonds. The van der Waals surface area contributed by atoms with Gasteiger partial charge in [0.1, 0.15) is 6.04 Å². The molecule has 1 heterocycles. The van der Waals surface area contributed by atoms with E-state index in [1.807, 2.05) is 0 Å². The second kappa shape index (κ2) is 4.93. The van der Waals surface area contributed by atoms with E-state index in [2.05, 4.69) is 14.8 Å². The molecule has 1 aliphatic rings. The van der Waals surface area contributed by atoms with Gasteiger partial charge in [0, 0.05) is 6.54 Å². The molecule has 1 saturated heterocycles. The second-order valence-electron chi connectivity index (χ2n) is 3.40. The van der Waals surface area contributed by atoms with Crippen LogP contribution in [-0.4, -0.2) is 49.8 Å². The van der Waals surface area contributed by atoms with Gasteiger partial charge in [-0.15, -0.1) is 0 Å². The van der Waals surface area contributed by atoms with Crippen LogP contribution in [0.25, 0.3) is 0 Å². The lowest BCUT2D eigenvalue weighted by Gasteiger charge is -2.17.